The van der Waals surface area contributed by atoms with Crippen molar-refractivity contribution in [2.45, 2.75) is 38.8 Å². The summed E-state index contributed by atoms with van der Waals surface area (Å²) in [7, 11) is 0. The molecule has 8 nitrogen and oxygen atoms in total. The molecule has 154 valence electrons. The van der Waals surface area contributed by atoms with E-state index in [2.05, 4.69) is 0 Å². The number of carboxylic acid groups (broad SMARTS) is 1. The van der Waals surface area contributed by atoms with Crippen molar-refractivity contribution in [3.05, 3.63) is 29.6 Å². The maximum absolute atomic E-state index is 15.3. The molecule has 5 rings (SSSR count). The lowest BCUT2D eigenvalue weighted by Crippen LogP contribution is -2.53. The van der Waals surface area contributed by atoms with Gasteiger partial charge in [0.2, 0.25) is 11.9 Å². The molecule has 1 saturated carbocycles. The first-order chi connectivity index (χ1) is 13.7. The van der Waals surface area contributed by atoms with Gasteiger partial charge in [0.25, 0.3) is 0 Å². The van der Waals surface area contributed by atoms with Gasteiger partial charge in [0.1, 0.15) is 11.8 Å². The third-order valence-electron chi connectivity index (χ3n) is 6.36. The number of piperazine rings is 1. The molecule has 3 aliphatic heterocycles. The number of anilines is 2. The number of halogens is 1. The van der Waals surface area contributed by atoms with Crippen LogP contribution in [0.15, 0.2) is 11.6 Å². The zero-order valence-corrected chi connectivity index (χ0v) is 16.3. The largest absolute Gasteiger partial charge is 0.535 e. The van der Waals surface area contributed by atoms with Gasteiger partial charge in [0.15, 0.2) is 11.5 Å². The van der Waals surface area contributed by atoms with Crippen molar-refractivity contribution < 1.29 is 23.9 Å². The number of carbonyl (C=O) groups excluding carboxylic acids is 1. The van der Waals surface area contributed by atoms with Crippen LogP contribution in [0.2, 0.25) is 0 Å². The van der Waals surface area contributed by atoms with Gasteiger partial charge in [0, 0.05) is 51.5 Å². The van der Waals surface area contributed by atoms with E-state index in [4.69, 9.17) is 10.6 Å². The van der Waals surface area contributed by atoms with Crippen LogP contribution in [0.4, 0.5) is 21.5 Å². The fourth-order valence-corrected chi connectivity index (χ4v) is 4.80. The Hall–Kier alpha value is -2.94. The highest BCUT2D eigenvalue weighted by atomic mass is 19.1. The summed E-state index contributed by atoms with van der Waals surface area (Å²) < 4.78 is 15.3. The minimum Gasteiger partial charge on any atom is -0.535 e. The number of fused-ring (bicyclic) bond motifs is 5. The maximum atomic E-state index is 15.3. The van der Waals surface area contributed by atoms with Gasteiger partial charge in [-0.2, -0.15) is 0 Å². The molecule has 1 aromatic rings. The number of hydroxylamine groups is 2. The molecule has 29 heavy (non-hydrogen) atoms. The SMILES string of the molecule is CC(=O)N1CCN(c2cc3c(c(N)c2F)C2=C(C(=O)O)[CH-][N+]3(C3CC3)O2)CC1C. The summed E-state index contributed by atoms with van der Waals surface area (Å²) in [4.78, 5) is 33.1. The summed E-state index contributed by atoms with van der Waals surface area (Å²) in [5, 5.41) is 9.54. The third-order valence-corrected chi connectivity index (χ3v) is 6.36. The minimum atomic E-state index is -1.11. The van der Waals surface area contributed by atoms with E-state index in [1.54, 1.807) is 17.5 Å². The molecule has 0 spiro atoms. The zero-order chi connectivity index (χ0) is 20.7. The number of nitrogens with two attached hydrogens (primary N) is 1. The Balaban J connectivity index is 1.60. The first-order valence-corrected chi connectivity index (χ1v) is 9.81. The van der Waals surface area contributed by atoms with Crippen molar-refractivity contribution >= 4 is 34.7 Å². The van der Waals surface area contributed by atoms with E-state index in [-0.39, 0.29) is 39.7 Å². The van der Waals surface area contributed by atoms with Crippen molar-refractivity contribution in [1.29, 1.82) is 0 Å². The van der Waals surface area contributed by atoms with E-state index in [0.717, 1.165) is 12.8 Å². The second-order valence-corrected chi connectivity index (χ2v) is 8.23. The lowest BCUT2D eigenvalue weighted by atomic mass is 9.98. The zero-order valence-electron chi connectivity index (χ0n) is 16.3. The van der Waals surface area contributed by atoms with Crippen LogP contribution in [0.3, 0.4) is 0 Å². The molecule has 2 atom stereocenters. The summed E-state index contributed by atoms with van der Waals surface area (Å²) >= 11 is 0. The van der Waals surface area contributed by atoms with Crippen molar-refractivity contribution in [3.8, 4) is 0 Å². The molecule has 1 amide bonds. The molecule has 1 saturated heterocycles. The Morgan fingerprint density at radius 3 is 2.69 bits per heavy atom. The Kier molecular flexibility index (Phi) is 3.62. The number of nitrogens with zero attached hydrogens (tertiary/aromatic N) is 3. The van der Waals surface area contributed by atoms with Crippen LogP contribution in [-0.4, -0.2) is 53.6 Å². The van der Waals surface area contributed by atoms with Crippen LogP contribution in [0.1, 0.15) is 32.3 Å². The number of quaternary nitrogens is 1. The normalized spacial score (nSPS) is 27.6. The average molecular weight is 402 g/mol. The molecule has 4 aliphatic rings. The summed E-state index contributed by atoms with van der Waals surface area (Å²) in [5.74, 6) is -1.53. The monoisotopic (exact) mass is 402 g/mol. The molecule has 1 aliphatic carbocycles. The average Bonchev–Trinajstić information content (AvgIpc) is 3.38. The molecular weight excluding hydrogens is 379 g/mol. The quantitative estimate of drug-likeness (QED) is 0.455. The van der Waals surface area contributed by atoms with Crippen LogP contribution in [0.5, 0.6) is 0 Å². The van der Waals surface area contributed by atoms with Crippen LogP contribution < -0.4 is 15.3 Å². The molecule has 1 aromatic carbocycles. The molecule has 2 bridgehead atoms. The Morgan fingerprint density at radius 2 is 2.10 bits per heavy atom. The fraction of sp³-hybridized carbons (Fsp3) is 0.450. The van der Waals surface area contributed by atoms with Gasteiger partial charge in [-0.25, -0.2) is 4.39 Å². The number of carbonyl (C=O) groups is 2. The standard InChI is InChI=1S/C20H23FN4O4/c1-10-8-23(5-6-24(10)11(2)26)14-7-15-16(18(22)17(14)21)19-13(20(27)28)9-25(15,29-19)12-3-4-12/h7,9-10,12H,3-6,8,22H2,1-2H3,(H,27,28). The van der Waals surface area contributed by atoms with Crippen LogP contribution in [-0.2, 0) is 14.4 Å². The van der Waals surface area contributed by atoms with Crippen molar-refractivity contribution in [2.24, 2.45) is 0 Å². The number of carboxylic acids is 1. The second kappa shape index (κ2) is 5.79. The molecule has 3 N–H and O–H groups in total. The molecule has 0 radical (unpaired) electrons. The predicted octanol–water partition coefficient (Wildman–Crippen LogP) is 1.85. The molecule has 3 heterocycles. The van der Waals surface area contributed by atoms with Gasteiger partial charge in [-0.15, -0.1) is 4.65 Å². The summed E-state index contributed by atoms with van der Waals surface area (Å²) in [6, 6.07) is 1.80. The molecule has 9 heteroatoms. The predicted molar refractivity (Wildman–Crippen MR) is 105 cm³/mol. The Labute approximate surface area is 167 Å². The highest BCUT2D eigenvalue weighted by Crippen LogP contribution is 2.60. The molecule has 0 aromatic heterocycles. The summed E-state index contributed by atoms with van der Waals surface area (Å²) in [6.07, 6.45) is 1.80. The van der Waals surface area contributed by atoms with E-state index < -0.39 is 11.8 Å². The number of hydrogen-bond acceptors (Lipinski definition) is 5. The van der Waals surface area contributed by atoms with E-state index in [9.17, 15) is 14.7 Å². The number of rotatable bonds is 3. The van der Waals surface area contributed by atoms with Gasteiger partial charge in [0.05, 0.1) is 23.5 Å². The Morgan fingerprint density at radius 1 is 1.38 bits per heavy atom. The van der Waals surface area contributed by atoms with Crippen molar-refractivity contribution in [3.63, 3.8) is 0 Å². The summed E-state index contributed by atoms with van der Waals surface area (Å²) in [6.45, 7) is 6.57. The lowest BCUT2D eigenvalue weighted by molar-refractivity contribution is -0.133. The molecule has 2 unspecified atom stereocenters. The van der Waals surface area contributed by atoms with Gasteiger partial charge >= 0.3 is 0 Å². The van der Waals surface area contributed by atoms with Crippen LogP contribution in [0.25, 0.3) is 5.76 Å². The fourth-order valence-electron chi connectivity index (χ4n) is 4.80. The van der Waals surface area contributed by atoms with Gasteiger partial charge in [-0.05, 0) is 12.5 Å². The molecular formula is C20H23FN4O4. The minimum absolute atomic E-state index is 0.00360. The number of benzene rings is 1. The molecule has 2 fully saturated rings. The van der Waals surface area contributed by atoms with E-state index >= 15 is 4.39 Å². The maximum Gasteiger partial charge on any atom is 0.226 e. The number of aliphatic carboxylic acids is 1. The van der Waals surface area contributed by atoms with Crippen molar-refractivity contribution in [1.82, 2.24) is 9.55 Å². The Bertz CT molecular complexity index is 989. The highest BCUT2D eigenvalue weighted by Gasteiger charge is 2.58. The van der Waals surface area contributed by atoms with E-state index in [1.165, 1.54) is 6.92 Å². The van der Waals surface area contributed by atoms with Crippen LogP contribution in [0, 0.1) is 12.4 Å². The lowest BCUT2D eigenvalue weighted by Gasteiger charge is -2.41. The first kappa shape index (κ1) is 18.1. The third kappa shape index (κ3) is 2.37. The topological polar surface area (TPSA) is 96.1 Å². The van der Waals surface area contributed by atoms with Gasteiger partial charge in [-0.1, -0.05) is 0 Å². The van der Waals surface area contributed by atoms with Crippen molar-refractivity contribution in [2.75, 3.05) is 30.3 Å². The smallest absolute Gasteiger partial charge is 0.226 e. The first-order valence-electron chi connectivity index (χ1n) is 9.81. The van der Waals surface area contributed by atoms with Gasteiger partial charge in [-0.3, -0.25) is 4.79 Å². The number of hydrogen-bond donors (Lipinski definition) is 2. The van der Waals surface area contributed by atoms with E-state index in [0.29, 0.717) is 36.6 Å². The second-order valence-electron chi connectivity index (χ2n) is 8.23. The van der Waals surface area contributed by atoms with E-state index in [1.807, 2.05) is 11.8 Å². The van der Waals surface area contributed by atoms with Gasteiger partial charge < -0.3 is 30.3 Å². The highest BCUT2D eigenvalue weighted by molar-refractivity contribution is 6.05. The van der Waals surface area contributed by atoms with Crippen LogP contribution >= 0.6 is 0 Å². The number of nitrogen functional groups attached to an aromatic ring is 1. The number of amides is 1. The summed E-state index contributed by atoms with van der Waals surface area (Å²) in [5.41, 5.74) is 7.56.